The number of carbonyl (C=O) groups is 2. The summed E-state index contributed by atoms with van der Waals surface area (Å²) in [4.78, 5) is 33.5. The molecule has 2 fully saturated rings. The van der Waals surface area contributed by atoms with Gasteiger partial charge in [0.25, 0.3) is 5.91 Å². The summed E-state index contributed by atoms with van der Waals surface area (Å²) in [5, 5.41) is 4.25. The maximum Gasteiger partial charge on any atom is 0.255 e. The Balaban J connectivity index is 1.28. The lowest BCUT2D eigenvalue weighted by molar-refractivity contribution is -0.136. The zero-order valence-corrected chi connectivity index (χ0v) is 21.6. The fourth-order valence-corrected chi connectivity index (χ4v) is 6.20. The molecule has 2 saturated heterocycles. The van der Waals surface area contributed by atoms with Crippen molar-refractivity contribution in [2.24, 2.45) is 5.92 Å². The van der Waals surface area contributed by atoms with Crippen molar-refractivity contribution in [2.75, 3.05) is 39.3 Å². The summed E-state index contributed by atoms with van der Waals surface area (Å²) >= 11 is 0. The number of amides is 2. The maximum atomic E-state index is 13.9. The Hall–Kier alpha value is -3.44. The lowest BCUT2D eigenvalue weighted by Crippen LogP contribution is -2.52. The molecule has 2 aliphatic heterocycles. The van der Waals surface area contributed by atoms with E-state index in [1.807, 2.05) is 34.1 Å². The molecule has 37 heavy (non-hydrogen) atoms. The second-order valence-corrected chi connectivity index (χ2v) is 10.4. The third-order valence-corrected chi connectivity index (χ3v) is 8.07. The zero-order chi connectivity index (χ0) is 25.8. The molecule has 0 radical (unpaired) electrons. The van der Waals surface area contributed by atoms with Crippen molar-refractivity contribution < 1.29 is 9.59 Å². The molecule has 1 atom stereocenters. The van der Waals surface area contributed by atoms with Crippen LogP contribution in [0.15, 0.2) is 79.9 Å². The smallest absolute Gasteiger partial charge is 0.255 e. The second-order valence-electron chi connectivity index (χ2n) is 10.4. The Labute approximate surface area is 220 Å². The highest BCUT2D eigenvalue weighted by atomic mass is 16.2. The number of carbonyl (C=O) groups excluding carboxylic acids is 2. The highest BCUT2D eigenvalue weighted by molar-refractivity contribution is 6.18. The molecule has 0 spiro atoms. The van der Waals surface area contributed by atoms with Gasteiger partial charge in [-0.3, -0.25) is 14.5 Å². The van der Waals surface area contributed by atoms with Crippen LogP contribution in [-0.2, 0) is 4.79 Å². The van der Waals surface area contributed by atoms with Gasteiger partial charge in [0.2, 0.25) is 5.91 Å². The van der Waals surface area contributed by atoms with Gasteiger partial charge in [-0.05, 0) is 59.8 Å². The number of likely N-dealkylation sites (tertiary alicyclic amines) is 2. The molecule has 5 heteroatoms. The highest BCUT2D eigenvalue weighted by Gasteiger charge is 2.34. The van der Waals surface area contributed by atoms with Crippen LogP contribution in [0, 0.1) is 5.92 Å². The van der Waals surface area contributed by atoms with Crippen molar-refractivity contribution in [3.8, 4) is 0 Å². The number of hydrogen-bond donors (Lipinski definition) is 0. The standard InChI is InChI=1S/C32H37N3O2/c1-3-17-33(18-4-2)31(36)26-12-9-19-35(23-26)27-15-20-34(21-16-27)32(37)30-28-13-7-5-10-24(28)22-25-11-6-8-14-29(25)30/h3-8,10-11,13-14,22,26-27H,1-2,9,12,15-21,23H2/t26-/m1/s1. The van der Waals surface area contributed by atoms with Gasteiger partial charge in [-0.2, -0.15) is 0 Å². The van der Waals surface area contributed by atoms with Crippen LogP contribution in [0.4, 0.5) is 0 Å². The molecule has 0 N–H and O–H groups in total. The summed E-state index contributed by atoms with van der Waals surface area (Å²) in [6, 6.07) is 19.0. The van der Waals surface area contributed by atoms with Gasteiger partial charge in [0, 0.05) is 38.8 Å². The molecule has 0 aromatic heterocycles. The van der Waals surface area contributed by atoms with E-state index in [1.54, 1.807) is 12.2 Å². The van der Waals surface area contributed by atoms with Gasteiger partial charge < -0.3 is 9.80 Å². The SMILES string of the molecule is C=CCN(CC=C)C(=O)[C@@H]1CCCN(C2CCN(C(=O)c3c4ccccc4cc4ccccc34)CC2)C1. The van der Waals surface area contributed by atoms with Crippen LogP contribution in [-0.4, -0.2) is 71.8 Å². The predicted octanol–water partition coefficient (Wildman–Crippen LogP) is 5.51. The van der Waals surface area contributed by atoms with Crippen LogP contribution < -0.4 is 0 Å². The number of fused-ring (bicyclic) bond motifs is 2. The summed E-state index contributed by atoms with van der Waals surface area (Å²) in [7, 11) is 0. The highest BCUT2D eigenvalue weighted by Crippen LogP contribution is 2.31. The molecule has 3 aromatic rings. The molecule has 0 unspecified atom stereocenters. The number of nitrogens with zero attached hydrogens (tertiary/aromatic N) is 3. The van der Waals surface area contributed by atoms with Crippen molar-refractivity contribution in [3.05, 3.63) is 85.5 Å². The Morgan fingerprint density at radius 3 is 2.05 bits per heavy atom. The van der Waals surface area contributed by atoms with Crippen LogP contribution in [0.1, 0.15) is 36.0 Å². The quantitative estimate of drug-likeness (QED) is 0.321. The Morgan fingerprint density at radius 2 is 1.46 bits per heavy atom. The normalized spacial score (nSPS) is 19.1. The zero-order valence-electron chi connectivity index (χ0n) is 21.6. The monoisotopic (exact) mass is 495 g/mol. The van der Waals surface area contributed by atoms with E-state index in [4.69, 9.17) is 0 Å². The topological polar surface area (TPSA) is 43.9 Å². The lowest BCUT2D eigenvalue weighted by atomic mass is 9.92. The van der Waals surface area contributed by atoms with Crippen molar-refractivity contribution in [2.45, 2.75) is 31.7 Å². The van der Waals surface area contributed by atoms with E-state index in [9.17, 15) is 9.59 Å². The molecule has 5 rings (SSSR count). The molecule has 2 amide bonds. The summed E-state index contributed by atoms with van der Waals surface area (Å²) < 4.78 is 0. The molecule has 0 saturated carbocycles. The van der Waals surface area contributed by atoms with Gasteiger partial charge in [-0.15, -0.1) is 13.2 Å². The molecular weight excluding hydrogens is 458 g/mol. The van der Waals surface area contributed by atoms with Gasteiger partial charge >= 0.3 is 0 Å². The van der Waals surface area contributed by atoms with E-state index < -0.39 is 0 Å². The fraction of sp³-hybridized carbons (Fsp3) is 0.375. The van der Waals surface area contributed by atoms with Gasteiger partial charge in [0.1, 0.15) is 0 Å². The first-order valence-corrected chi connectivity index (χ1v) is 13.5. The second kappa shape index (κ2) is 11.3. The van der Waals surface area contributed by atoms with Crippen molar-refractivity contribution in [1.29, 1.82) is 0 Å². The van der Waals surface area contributed by atoms with Crippen molar-refractivity contribution >= 4 is 33.4 Å². The van der Waals surface area contributed by atoms with Crippen molar-refractivity contribution in [3.63, 3.8) is 0 Å². The minimum absolute atomic E-state index is 0.0235. The third kappa shape index (κ3) is 5.19. The van der Waals surface area contributed by atoms with Crippen LogP contribution in [0.2, 0.25) is 0 Å². The Kier molecular flexibility index (Phi) is 7.71. The molecule has 2 aliphatic rings. The minimum Gasteiger partial charge on any atom is -0.338 e. The summed E-state index contributed by atoms with van der Waals surface area (Å²) in [6.07, 6.45) is 7.43. The van der Waals surface area contributed by atoms with E-state index in [-0.39, 0.29) is 17.7 Å². The van der Waals surface area contributed by atoms with Gasteiger partial charge in [0.15, 0.2) is 0 Å². The van der Waals surface area contributed by atoms with Gasteiger partial charge in [-0.25, -0.2) is 0 Å². The summed E-state index contributed by atoms with van der Waals surface area (Å²) in [5.41, 5.74) is 0.820. The van der Waals surface area contributed by atoms with Crippen LogP contribution in [0.25, 0.3) is 21.5 Å². The molecule has 2 heterocycles. The molecule has 0 bridgehead atoms. The van der Waals surface area contributed by atoms with Gasteiger partial charge in [-0.1, -0.05) is 60.7 Å². The summed E-state index contributed by atoms with van der Waals surface area (Å²) in [5.74, 6) is 0.359. The predicted molar refractivity (Wildman–Crippen MR) is 152 cm³/mol. The molecule has 5 nitrogen and oxygen atoms in total. The minimum atomic E-state index is 0.0235. The average Bonchev–Trinajstić information content (AvgIpc) is 2.95. The Bertz CT molecular complexity index is 1240. The van der Waals surface area contributed by atoms with E-state index in [2.05, 4.69) is 48.4 Å². The van der Waals surface area contributed by atoms with Crippen LogP contribution in [0.5, 0.6) is 0 Å². The van der Waals surface area contributed by atoms with E-state index in [0.717, 1.165) is 79.0 Å². The molecule has 0 aliphatic carbocycles. The van der Waals surface area contributed by atoms with E-state index in [0.29, 0.717) is 19.1 Å². The van der Waals surface area contributed by atoms with Crippen LogP contribution >= 0.6 is 0 Å². The van der Waals surface area contributed by atoms with Crippen LogP contribution in [0.3, 0.4) is 0 Å². The average molecular weight is 496 g/mol. The Morgan fingerprint density at radius 1 is 0.865 bits per heavy atom. The van der Waals surface area contributed by atoms with E-state index >= 15 is 0 Å². The lowest BCUT2D eigenvalue weighted by Gasteiger charge is -2.42. The molecular formula is C32H37N3O2. The number of piperidine rings is 2. The van der Waals surface area contributed by atoms with Crippen molar-refractivity contribution in [1.82, 2.24) is 14.7 Å². The largest absolute Gasteiger partial charge is 0.338 e. The number of hydrogen-bond acceptors (Lipinski definition) is 3. The molecule has 3 aromatic carbocycles. The first-order chi connectivity index (χ1) is 18.1. The third-order valence-electron chi connectivity index (χ3n) is 8.07. The first-order valence-electron chi connectivity index (χ1n) is 13.5. The number of rotatable bonds is 7. The van der Waals surface area contributed by atoms with Gasteiger partial charge in [0.05, 0.1) is 11.5 Å². The fourth-order valence-electron chi connectivity index (χ4n) is 6.20. The molecule has 192 valence electrons. The first kappa shape index (κ1) is 25.2. The summed E-state index contributed by atoms with van der Waals surface area (Å²) in [6.45, 7) is 12.0. The number of benzene rings is 3. The van der Waals surface area contributed by atoms with E-state index in [1.165, 1.54) is 0 Å². The maximum absolute atomic E-state index is 13.9.